The Hall–Kier alpha value is -1.92. The molecule has 36 heavy (non-hydrogen) atoms. The molecule has 0 unspecified atom stereocenters. The van der Waals surface area contributed by atoms with Crippen LogP contribution in [0.1, 0.15) is 79.6 Å². The molecule has 2 saturated carbocycles. The van der Waals surface area contributed by atoms with E-state index in [0.29, 0.717) is 12.8 Å². The van der Waals surface area contributed by atoms with Crippen molar-refractivity contribution in [2.45, 2.75) is 103 Å². The van der Waals surface area contributed by atoms with Gasteiger partial charge in [-0.05, 0) is 94.1 Å². The van der Waals surface area contributed by atoms with Crippen LogP contribution in [0.2, 0.25) is 0 Å². The number of allylic oxidation sites excluding steroid dienone is 3. The highest BCUT2D eigenvalue weighted by atomic mass is 16.6. The van der Waals surface area contributed by atoms with Gasteiger partial charge >= 0.3 is 11.9 Å². The highest BCUT2D eigenvalue weighted by molar-refractivity contribution is 5.83. The number of hydrogen-bond donors (Lipinski definition) is 2. The molecule has 0 aromatic heterocycles. The Morgan fingerprint density at radius 2 is 1.75 bits per heavy atom. The van der Waals surface area contributed by atoms with E-state index in [9.17, 15) is 19.8 Å². The summed E-state index contributed by atoms with van der Waals surface area (Å²) in [5, 5.41) is 22.5. The van der Waals surface area contributed by atoms with Gasteiger partial charge in [0.1, 0.15) is 11.7 Å². The smallest absolute Gasteiger partial charge is 0.338 e. The highest BCUT2D eigenvalue weighted by Gasteiger charge is 2.67. The SMILES string of the molecule is CC1(C)OC(=O)C=CC2=CC3=C(CC[C@H]21)[C@]1(C)[C@@H](O)C[C@H]([C@@H]2C[C@@H]4C[C@H]2OC(=O)[C@]4(C)O)[C@@]1(C)CC3. The van der Waals surface area contributed by atoms with Crippen LogP contribution in [0, 0.1) is 34.5 Å². The lowest BCUT2D eigenvalue weighted by molar-refractivity contribution is -0.184. The van der Waals surface area contributed by atoms with Gasteiger partial charge in [-0.2, -0.15) is 0 Å². The number of aliphatic hydroxyl groups is 2. The van der Waals surface area contributed by atoms with Crippen molar-refractivity contribution in [3.63, 3.8) is 0 Å². The minimum atomic E-state index is -1.42. The van der Waals surface area contributed by atoms with E-state index in [0.717, 1.165) is 37.7 Å². The van der Waals surface area contributed by atoms with E-state index in [-0.39, 0.29) is 46.6 Å². The molecule has 1 saturated heterocycles. The second-order valence-corrected chi connectivity index (χ2v) is 13.5. The number of rotatable bonds is 1. The number of carbonyl (C=O) groups is 2. The molecule has 6 aliphatic rings. The third-order valence-corrected chi connectivity index (χ3v) is 11.7. The molecular weight excluding hydrogens is 456 g/mol. The molecule has 196 valence electrons. The van der Waals surface area contributed by atoms with Gasteiger partial charge in [-0.1, -0.05) is 31.6 Å². The van der Waals surface area contributed by atoms with Crippen LogP contribution in [-0.4, -0.2) is 45.6 Å². The van der Waals surface area contributed by atoms with Crippen LogP contribution < -0.4 is 0 Å². The normalized spacial score (nSPS) is 49.2. The Morgan fingerprint density at radius 1 is 1.00 bits per heavy atom. The van der Waals surface area contributed by atoms with Gasteiger partial charge in [0.15, 0.2) is 5.60 Å². The van der Waals surface area contributed by atoms with Gasteiger partial charge < -0.3 is 19.7 Å². The minimum Gasteiger partial charge on any atom is -0.460 e. The molecule has 6 heteroatoms. The largest absolute Gasteiger partial charge is 0.460 e. The molecule has 3 fully saturated rings. The van der Waals surface area contributed by atoms with Gasteiger partial charge in [-0.15, -0.1) is 0 Å². The lowest BCUT2D eigenvalue weighted by Crippen LogP contribution is -2.49. The van der Waals surface area contributed by atoms with Crippen LogP contribution in [0.25, 0.3) is 0 Å². The van der Waals surface area contributed by atoms with E-state index in [4.69, 9.17) is 9.47 Å². The molecule has 0 radical (unpaired) electrons. The summed E-state index contributed by atoms with van der Waals surface area (Å²) in [5.41, 5.74) is 1.29. The molecule has 0 spiro atoms. The van der Waals surface area contributed by atoms with Gasteiger partial charge in [0.25, 0.3) is 0 Å². The average molecular weight is 497 g/mol. The molecule has 2 heterocycles. The van der Waals surface area contributed by atoms with Crippen molar-refractivity contribution in [1.82, 2.24) is 0 Å². The van der Waals surface area contributed by atoms with E-state index in [2.05, 4.69) is 19.9 Å². The van der Waals surface area contributed by atoms with E-state index in [1.807, 2.05) is 19.9 Å². The second-order valence-electron chi connectivity index (χ2n) is 13.5. The van der Waals surface area contributed by atoms with Crippen molar-refractivity contribution in [3.8, 4) is 0 Å². The molecule has 2 N–H and O–H groups in total. The summed E-state index contributed by atoms with van der Waals surface area (Å²) in [5.74, 6) is -0.370. The van der Waals surface area contributed by atoms with E-state index in [1.165, 1.54) is 11.1 Å². The van der Waals surface area contributed by atoms with Crippen LogP contribution in [0.3, 0.4) is 0 Å². The summed E-state index contributed by atoms with van der Waals surface area (Å²) in [6, 6.07) is 0. The predicted molar refractivity (Wildman–Crippen MR) is 133 cm³/mol. The maximum Gasteiger partial charge on any atom is 0.338 e. The number of aliphatic hydroxyl groups excluding tert-OH is 1. The molecule has 6 nitrogen and oxygen atoms in total. The van der Waals surface area contributed by atoms with Gasteiger partial charge in [0.05, 0.1) is 6.10 Å². The fourth-order valence-corrected chi connectivity index (χ4v) is 9.27. The summed E-state index contributed by atoms with van der Waals surface area (Å²) < 4.78 is 11.6. The topological polar surface area (TPSA) is 93.1 Å². The fourth-order valence-electron chi connectivity index (χ4n) is 9.27. The predicted octanol–water partition coefficient (Wildman–Crippen LogP) is 4.40. The Kier molecular flexibility index (Phi) is 5.13. The summed E-state index contributed by atoms with van der Waals surface area (Å²) in [4.78, 5) is 24.7. The number of ether oxygens (including phenoxy) is 2. The lowest BCUT2D eigenvalue weighted by Gasteiger charge is -2.52. The van der Waals surface area contributed by atoms with Crippen LogP contribution in [0.4, 0.5) is 0 Å². The molecule has 6 rings (SSSR count). The Morgan fingerprint density at radius 3 is 2.50 bits per heavy atom. The van der Waals surface area contributed by atoms with Crippen molar-refractivity contribution in [2.75, 3.05) is 0 Å². The zero-order valence-electron chi connectivity index (χ0n) is 22.2. The summed E-state index contributed by atoms with van der Waals surface area (Å²) in [6.07, 6.45) is 10.9. The Bertz CT molecular complexity index is 1110. The maximum atomic E-state index is 12.5. The zero-order valence-corrected chi connectivity index (χ0v) is 22.2. The van der Waals surface area contributed by atoms with Crippen molar-refractivity contribution in [2.24, 2.45) is 34.5 Å². The first kappa shape index (κ1) is 24.4. The first-order valence-electron chi connectivity index (χ1n) is 13.8. The quantitative estimate of drug-likeness (QED) is 0.523. The minimum absolute atomic E-state index is 0.0777. The molecule has 2 aliphatic heterocycles. The van der Waals surface area contributed by atoms with Crippen LogP contribution in [0.5, 0.6) is 0 Å². The number of hydrogen-bond acceptors (Lipinski definition) is 6. The van der Waals surface area contributed by atoms with Crippen molar-refractivity contribution in [3.05, 3.63) is 34.9 Å². The zero-order chi connectivity index (χ0) is 25.8. The Labute approximate surface area is 213 Å². The van der Waals surface area contributed by atoms with Gasteiger partial charge in [-0.25, -0.2) is 9.59 Å². The average Bonchev–Trinajstić information content (AvgIpc) is 3.12. The van der Waals surface area contributed by atoms with Gasteiger partial charge in [0, 0.05) is 23.3 Å². The van der Waals surface area contributed by atoms with Crippen molar-refractivity contribution in [1.29, 1.82) is 0 Å². The van der Waals surface area contributed by atoms with Crippen LogP contribution >= 0.6 is 0 Å². The Balaban J connectivity index is 1.37. The molecule has 0 aromatic carbocycles. The first-order chi connectivity index (χ1) is 16.8. The van der Waals surface area contributed by atoms with Crippen molar-refractivity contribution < 1.29 is 29.3 Å². The number of fused-ring (bicyclic) bond motifs is 5. The monoisotopic (exact) mass is 496 g/mol. The lowest BCUT2D eigenvalue weighted by atomic mass is 9.52. The van der Waals surface area contributed by atoms with Crippen LogP contribution in [-0.2, 0) is 19.1 Å². The highest BCUT2D eigenvalue weighted by Crippen LogP contribution is 2.70. The summed E-state index contributed by atoms with van der Waals surface area (Å²) >= 11 is 0. The van der Waals surface area contributed by atoms with E-state index < -0.39 is 23.3 Å². The fraction of sp³-hybridized carbons (Fsp3) is 0.733. The summed E-state index contributed by atoms with van der Waals surface area (Å²) in [7, 11) is 0. The number of esters is 2. The molecule has 0 aromatic rings. The third kappa shape index (κ3) is 3.09. The first-order valence-corrected chi connectivity index (χ1v) is 13.8. The number of carbonyl (C=O) groups excluding carboxylic acids is 2. The van der Waals surface area contributed by atoms with Gasteiger partial charge in [0.2, 0.25) is 0 Å². The van der Waals surface area contributed by atoms with Crippen molar-refractivity contribution >= 4 is 11.9 Å². The summed E-state index contributed by atoms with van der Waals surface area (Å²) in [6.45, 7) is 10.2. The van der Waals surface area contributed by atoms with Gasteiger partial charge in [-0.3, -0.25) is 0 Å². The molecular formula is C30H40O6. The standard InChI is InChI=1S/C30H40O6/c1-27(2)20-7-8-21-17(12-16(20)6-9-25(32)36-27)10-11-28(3)22(15-24(31)29(21,28)4)19-13-18-14-23(19)35-26(33)30(18,5)34/h6,9,12,18-20,22-24,31,34H,7-8,10-11,13-15H2,1-5H3/t18-,19+,20-,22-,23-,24+,28-,29-,30-/m1/s1. The molecule has 9 atom stereocenters. The molecule has 0 amide bonds. The third-order valence-electron chi connectivity index (χ3n) is 11.7. The number of cyclic esters (lactones) is 1. The van der Waals surface area contributed by atoms with Crippen LogP contribution in [0.15, 0.2) is 34.9 Å². The molecule has 4 aliphatic carbocycles. The second kappa shape index (κ2) is 7.57. The van der Waals surface area contributed by atoms with E-state index in [1.54, 1.807) is 13.0 Å². The van der Waals surface area contributed by atoms with E-state index >= 15 is 0 Å². The molecule has 2 bridgehead atoms. The maximum absolute atomic E-state index is 12.5.